The van der Waals surface area contributed by atoms with Crippen LogP contribution in [0.2, 0.25) is 0 Å². The van der Waals surface area contributed by atoms with Crippen molar-refractivity contribution >= 4 is 29.6 Å². The second kappa shape index (κ2) is 5.50. The van der Waals surface area contributed by atoms with E-state index in [0.29, 0.717) is 11.4 Å². The molecule has 0 fully saturated rings. The largest absolute Gasteiger partial charge is 0.340 e. The molecule has 0 spiro atoms. The van der Waals surface area contributed by atoms with Crippen molar-refractivity contribution in [3.8, 4) is 0 Å². The Morgan fingerprint density at radius 2 is 2.18 bits per heavy atom. The molecular weight excluding hydrogens is 232 g/mol. The average molecular weight is 244 g/mol. The smallest absolute Gasteiger partial charge is 0.153 e. The van der Waals surface area contributed by atoms with Crippen LogP contribution in [0.5, 0.6) is 0 Å². The first-order valence-electron chi connectivity index (χ1n) is 5.15. The van der Waals surface area contributed by atoms with E-state index >= 15 is 0 Å². The molecule has 0 aliphatic rings. The van der Waals surface area contributed by atoms with E-state index < -0.39 is 0 Å². The van der Waals surface area contributed by atoms with Crippen LogP contribution in [0, 0.1) is 0 Å². The van der Waals surface area contributed by atoms with Crippen LogP contribution >= 0.6 is 11.8 Å². The van der Waals surface area contributed by atoms with Gasteiger partial charge in [-0.3, -0.25) is 4.79 Å². The molecule has 0 atom stereocenters. The first-order chi connectivity index (χ1) is 8.33. The minimum Gasteiger partial charge on any atom is -0.340 e. The van der Waals surface area contributed by atoms with E-state index in [-0.39, 0.29) is 0 Å². The maximum atomic E-state index is 10.9. The molecule has 4 heteroatoms. The van der Waals surface area contributed by atoms with Crippen molar-refractivity contribution in [1.29, 1.82) is 0 Å². The van der Waals surface area contributed by atoms with Gasteiger partial charge in [0.25, 0.3) is 0 Å². The molecule has 1 aromatic carbocycles. The molecule has 0 unspecified atom stereocenters. The number of rotatable bonds is 4. The van der Waals surface area contributed by atoms with Gasteiger partial charge in [0, 0.05) is 16.8 Å². The number of pyridine rings is 1. The highest BCUT2D eigenvalue weighted by Gasteiger charge is 2.02. The van der Waals surface area contributed by atoms with Gasteiger partial charge in [-0.2, -0.15) is 0 Å². The molecule has 2 rings (SSSR count). The molecule has 0 saturated carbocycles. The van der Waals surface area contributed by atoms with Crippen LogP contribution in [0.1, 0.15) is 10.4 Å². The minimum atomic E-state index is 0.557. The molecule has 1 N–H and O–H groups in total. The highest BCUT2D eigenvalue weighted by Crippen LogP contribution is 2.22. The Morgan fingerprint density at radius 1 is 1.29 bits per heavy atom. The Balaban J connectivity index is 2.27. The highest BCUT2D eigenvalue weighted by molar-refractivity contribution is 7.98. The van der Waals surface area contributed by atoms with E-state index in [1.165, 1.54) is 4.90 Å². The maximum absolute atomic E-state index is 10.9. The van der Waals surface area contributed by atoms with Crippen molar-refractivity contribution in [3.05, 3.63) is 48.2 Å². The molecule has 1 aromatic heterocycles. The summed E-state index contributed by atoms with van der Waals surface area (Å²) in [6.45, 7) is 0. The predicted octanol–water partition coefficient (Wildman–Crippen LogP) is 3.36. The Bertz CT molecular complexity index is 528. The van der Waals surface area contributed by atoms with Gasteiger partial charge in [-0.25, -0.2) is 4.98 Å². The Hall–Kier alpha value is -1.81. The maximum Gasteiger partial charge on any atom is 0.153 e. The zero-order chi connectivity index (χ0) is 12.1. The van der Waals surface area contributed by atoms with Gasteiger partial charge >= 0.3 is 0 Å². The Kier molecular flexibility index (Phi) is 3.77. The monoisotopic (exact) mass is 244 g/mol. The van der Waals surface area contributed by atoms with Crippen LogP contribution in [0.4, 0.5) is 11.5 Å². The molecule has 86 valence electrons. The number of aldehydes is 1. The third-order valence-corrected chi connectivity index (χ3v) is 3.02. The van der Waals surface area contributed by atoms with Gasteiger partial charge in [0.05, 0.1) is 5.56 Å². The summed E-state index contributed by atoms with van der Waals surface area (Å²) in [4.78, 5) is 16.2. The zero-order valence-electron chi connectivity index (χ0n) is 9.38. The SMILES string of the molecule is CSc1cccc(Nc2ncccc2C=O)c1. The van der Waals surface area contributed by atoms with Crippen molar-refractivity contribution in [2.45, 2.75) is 4.90 Å². The van der Waals surface area contributed by atoms with Crippen molar-refractivity contribution in [2.75, 3.05) is 11.6 Å². The number of nitrogens with one attached hydrogen (secondary N) is 1. The molecular formula is C13H12N2OS. The molecule has 0 aliphatic heterocycles. The number of aromatic nitrogens is 1. The minimum absolute atomic E-state index is 0.557. The van der Waals surface area contributed by atoms with Crippen LogP contribution in [-0.2, 0) is 0 Å². The lowest BCUT2D eigenvalue weighted by Gasteiger charge is -2.08. The van der Waals surface area contributed by atoms with E-state index in [0.717, 1.165) is 12.0 Å². The van der Waals surface area contributed by atoms with E-state index in [1.807, 2.05) is 30.5 Å². The Morgan fingerprint density at radius 3 is 2.94 bits per heavy atom. The number of carbonyl (C=O) groups is 1. The normalized spacial score (nSPS) is 9.94. The second-order valence-electron chi connectivity index (χ2n) is 3.42. The van der Waals surface area contributed by atoms with Crippen LogP contribution < -0.4 is 5.32 Å². The second-order valence-corrected chi connectivity index (χ2v) is 4.30. The van der Waals surface area contributed by atoms with E-state index in [4.69, 9.17) is 0 Å². The summed E-state index contributed by atoms with van der Waals surface area (Å²) in [6, 6.07) is 11.5. The summed E-state index contributed by atoms with van der Waals surface area (Å²) >= 11 is 1.67. The molecule has 17 heavy (non-hydrogen) atoms. The lowest BCUT2D eigenvalue weighted by atomic mass is 10.2. The summed E-state index contributed by atoms with van der Waals surface area (Å²) in [5.74, 6) is 0.584. The van der Waals surface area contributed by atoms with Gasteiger partial charge in [0.1, 0.15) is 5.82 Å². The lowest BCUT2D eigenvalue weighted by Crippen LogP contribution is -1.97. The van der Waals surface area contributed by atoms with E-state index in [9.17, 15) is 4.79 Å². The molecule has 1 heterocycles. The molecule has 0 amide bonds. The zero-order valence-corrected chi connectivity index (χ0v) is 10.2. The number of carbonyl (C=O) groups excluding carboxylic acids is 1. The van der Waals surface area contributed by atoms with Gasteiger partial charge in [-0.05, 0) is 36.6 Å². The molecule has 0 aliphatic carbocycles. The molecule has 0 saturated heterocycles. The highest BCUT2D eigenvalue weighted by atomic mass is 32.2. The third kappa shape index (κ3) is 2.85. The van der Waals surface area contributed by atoms with Gasteiger partial charge in [0.15, 0.2) is 6.29 Å². The summed E-state index contributed by atoms with van der Waals surface area (Å²) in [5.41, 5.74) is 1.49. The number of thioether (sulfide) groups is 1. The number of anilines is 2. The van der Waals surface area contributed by atoms with Crippen molar-refractivity contribution < 1.29 is 4.79 Å². The van der Waals surface area contributed by atoms with Crippen molar-refractivity contribution in [3.63, 3.8) is 0 Å². The molecule has 0 radical (unpaired) electrons. The molecule has 2 aromatic rings. The third-order valence-electron chi connectivity index (χ3n) is 2.30. The first-order valence-corrected chi connectivity index (χ1v) is 6.37. The summed E-state index contributed by atoms with van der Waals surface area (Å²) in [5, 5.41) is 3.14. The van der Waals surface area contributed by atoms with E-state index in [1.54, 1.807) is 30.1 Å². The fourth-order valence-electron chi connectivity index (χ4n) is 1.45. The number of nitrogens with zero attached hydrogens (tertiary/aromatic N) is 1. The summed E-state index contributed by atoms with van der Waals surface area (Å²) in [7, 11) is 0. The van der Waals surface area contributed by atoms with Gasteiger partial charge in [-0.15, -0.1) is 11.8 Å². The van der Waals surface area contributed by atoms with Crippen LogP contribution in [0.25, 0.3) is 0 Å². The van der Waals surface area contributed by atoms with Crippen LogP contribution in [0.3, 0.4) is 0 Å². The molecule has 3 nitrogen and oxygen atoms in total. The predicted molar refractivity (Wildman–Crippen MR) is 71.1 cm³/mol. The first kappa shape index (κ1) is 11.7. The average Bonchev–Trinajstić information content (AvgIpc) is 2.39. The fraction of sp³-hybridized carbons (Fsp3) is 0.0769. The Labute approximate surface area is 104 Å². The van der Waals surface area contributed by atoms with Crippen molar-refractivity contribution in [2.24, 2.45) is 0 Å². The standard InChI is InChI=1S/C13H12N2OS/c1-17-12-6-2-5-11(8-12)15-13-10(9-16)4-3-7-14-13/h2-9H,1H3,(H,14,15). The number of hydrogen-bond donors (Lipinski definition) is 1. The van der Waals surface area contributed by atoms with E-state index in [2.05, 4.69) is 10.3 Å². The fourth-order valence-corrected chi connectivity index (χ4v) is 1.91. The topological polar surface area (TPSA) is 42.0 Å². The van der Waals surface area contributed by atoms with Gasteiger partial charge in [0.2, 0.25) is 0 Å². The number of benzene rings is 1. The lowest BCUT2D eigenvalue weighted by molar-refractivity contribution is 0.112. The van der Waals surface area contributed by atoms with Crippen LogP contribution in [-0.4, -0.2) is 17.5 Å². The number of hydrogen-bond acceptors (Lipinski definition) is 4. The van der Waals surface area contributed by atoms with Gasteiger partial charge in [-0.1, -0.05) is 6.07 Å². The summed E-state index contributed by atoms with van der Waals surface area (Å²) in [6.07, 6.45) is 4.48. The molecule has 0 bridgehead atoms. The van der Waals surface area contributed by atoms with Crippen LogP contribution in [0.15, 0.2) is 47.5 Å². The summed E-state index contributed by atoms with van der Waals surface area (Å²) < 4.78 is 0. The quantitative estimate of drug-likeness (QED) is 0.661. The van der Waals surface area contributed by atoms with Gasteiger partial charge < -0.3 is 5.32 Å². The van der Waals surface area contributed by atoms with Crippen molar-refractivity contribution in [1.82, 2.24) is 4.98 Å².